The predicted molar refractivity (Wildman–Crippen MR) is 177 cm³/mol. The van der Waals surface area contributed by atoms with Crippen molar-refractivity contribution in [3.8, 4) is 0 Å². The Kier molecular flexibility index (Phi) is 13.4. The zero-order chi connectivity index (χ0) is 32.0. The molecule has 2 aromatic carbocycles. The minimum atomic E-state index is -0.609. The Morgan fingerprint density at radius 2 is 1.60 bits per heavy atom. The van der Waals surface area contributed by atoms with Gasteiger partial charge in [0, 0.05) is 13.0 Å². The third-order valence-corrected chi connectivity index (χ3v) is 9.35. The minimum absolute atomic E-state index is 0.0188. The number of aliphatic hydroxyl groups excluding tert-OH is 1. The molecule has 2 N–H and O–H groups in total. The summed E-state index contributed by atoms with van der Waals surface area (Å²) in [5.74, 6) is -1.19. The maximum absolute atomic E-state index is 13.7. The van der Waals surface area contributed by atoms with E-state index >= 15 is 0 Å². The number of benzene rings is 2. The number of nitrogens with one attached hydrogen (secondary N) is 1. The molecule has 1 heterocycles. The summed E-state index contributed by atoms with van der Waals surface area (Å²) in [7, 11) is 0. The number of hydrogen-bond donors (Lipinski definition) is 2. The first-order valence-corrected chi connectivity index (χ1v) is 16.6. The lowest BCUT2D eigenvalue weighted by atomic mass is 9.84. The number of hydrogen-bond acceptors (Lipinski definition) is 5. The molecule has 0 bridgehead atoms. The van der Waals surface area contributed by atoms with Crippen molar-refractivity contribution in [1.29, 1.82) is 0 Å². The summed E-state index contributed by atoms with van der Waals surface area (Å²) in [6.45, 7) is 8.05. The lowest BCUT2D eigenvalue weighted by molar-refractivity contribution is -0.150. The van der Waals surface area contributed by atoms with Crippen LogP contribution in [0.25, 0.3) is 0 Å². The Morgan fingerprint density at radius 1 is 0.933 bits per heavy atom. The van der Waals surface area contributed by atoms with Crippen LogP contribution in [0.2, 0.25) is 0 Å². The average molecular weight is 615 g/mol. The van der Waals surface area contributed by atoms with E-state index < -0.39 is 5.92 Å². The van der Waals surface area contributed by atoms with E-state index in [-0.39, 0.29) is 55.4 Å². The van der Waals surface area contributed by atoms with Crippen LogP contribution in [0.3, 0.4) is 0 Å². The first-order valence-electron chi connectivity index (χ1n) is 16.6. The number of esters is 1. The van der Waals surface area contributed by atoms with E-state index in [1.54, 1.807) is 17.1 Å². The van der Waals surface area contributed by atoms with Crippen molar-refractivity contribution in [3.05, 3.63) is 96.6 Å². The third kappa shape index (κ3) is 10.1. The molecule has 7 heteroatoms. The molecule has 0 radical (unpaired) electrons. The van der Waals surface area contributed by atoms with Crippen molar-refractivity contribution >= 4 is 17.8 Å². The molecule has 242 valence electrons. The van der Waals surface area contributed by atoms with Crippen LogP contribution in [0.15, 0.2) is 79.9 Å². The maximum Gasteiger partial charge on any atom is 0.309 e. The molecule has 1 fully saturated rings. The second-order valence-corrected chi connectivity index (χ2v) is 12.7. The molecule has 1 saturated carbocycles. The van der Waals surface area contributed by atoms with Gasteiger partial charge in [-0.2, -0.15) is 0 Å². The number of nitrogens with zero attached hydrogens (tertiary/aromatic N) is 1. The van der Waals surface area contributed by atoms with Crippen molar-refractivity contribution < 1.29 is 24.2 Å². The molecule has 0 unspecified atom stereocenters. The topological polar surface area (TPSA) is 95.9 Å². The van der Waals surface area contributed by atoms with E-state index in [9.17, 15) is 19.5 Å². The summed E-state index contributed by atoms with van der Waals surface area (Å²) in [5, 5.41) is 13.3. The van der Waals surface area contributed by atoms with Gasteiger partial charge in [-0.25, -0.2) is 0 Å². The van der Waals surface area contributed by atoms with Gasteiger partial charge >= 0.3 is 5.97 Å². The smallest absolute Gasteiger partial charge is 0.309 e. The summed E-state index contributed by atoms with van der Waals surface area (Å²) < 4.78 is 5.89. The average Bonchev–Trinajstić information content (AvgIpc) is 3.06. The number of allylic oxidation sites excluding steroid dienone is 2. The number of amides is 2. The number of fused-ring (bicyclic) bond motifs is 1. The monoisotopic (exact) mass is 614 g/mol. The second kappa shape index (κ2) is 17.7. The van der Waals surface area contributed by atoms with Crippen molar-refractivity contribution in [2.24, 2.45) is 17.8 Å². The highest BCUT2D eigenvalue weighted by atomic mass is 16.5. The number of ether oxygens (including phenoxy) is 1. The fourth-order valence-corrected chi connectivity index (χ4v) is 6.83. The molecule has 0 saturated heterocycles. The van der Waals surface area contributed by atoms with Gasteiger partial charge in [0.15, 0.2) is 0 Å². The molecule has 7 nitrogen and oxygen atoms in total. The van der Waals surface area contributed by atoms with Gasteiger partial charge in [0.1, 0.15) is 6.61 Å². The molecule has 2 aromatic rings. The molecule has 2 amide bonds. The zero-order valence-corrected chi connectivity index (χ0v) is 26.6. The lowest BCUT2D eigenvalue weighted by Crippen LogP contribution is -2.48. The van der Waals surface area contributed by atoms with E-state index in [0.29, 0.717) is 38.1 Å². The highest BCUT2D eigenvalue weighted by Crippen LogP contribution is 2.29. The number of carbonyl (C=O) groups is 3. The molecule has 0 aromatic heterocycles. The quantitative estimate of drug-likeness (QED) is 0.180. The SMILES string of the molecule is C=CC[C@H](CC(=O)N1Cc2ccccc2C[C@H]1CO)C(=O)N[C@H](COC(=O)[C@H](CC=C)Cc1ccccc1)CC1CCCCC1. The summed E-state index contributed by atoms with van der Waals surface area (Å²) in [5.41, 5.74) is 3.27. The lowest BCUT2D eigenvalue weighted by Gasteiger charge is -2.37. The normalized spacial score (nSPS) is 18.6. The van der Waals surface area contributed by atoms with Gasteiger partial charge in [0.05, 0.1) is 30.5 Å². The van der Waals surface area contributed by atoms with Gasteiger partial charge in [0.25, 0.3) is 0 Å². The van der Waals surface area contributed by atoms with Gasteiger partial charge in [0.2, 0.25) is 11.8 Å². The van der Waals surface area contributed by atoms with Crippen molar-refractivity contribution in [2.75, 3.05) is 13.2 Å². The van der Waals surface area contributed by atoms with E-state index in [0.717, 1.165) is 36.0 Å². The van der Waals surface area contributed by atoms with Crippen LogP contribution < -0.4 is 5.32 Å². The standard InChI is InChI=1S/C38H50N2O5/c1-3-13-31(24-36(42)40-25-33-20-12-11-19-30(33)23-35(40)26-41)37(43)39-34(22-29-17-9-6-10-18-29)27-45-38(44)32(14-4-2)21-28-15-7-5-8-16-28/h3-5,7-8,11-12,15-16,19-20,29,31-32,34-35,41H,1-2,6,9-10,13-14,17-18,21-27H2,(H,39,43)/t31-,32-,34+,35+/m1/s1. The van der Waals surface area contributed by atoms with Crippen LogP contribution in [0.5, 0.6) is 0 Å². The van der Waals surface area contributed by atoms with Crippen LogP contribution in [-0.2, 0) is 38.5 Å². The van der Waals surface area contributed by atoms with Gasteiger partial charge in [-0.3, -0.25) is 14.4 Å². The zero-order valence-electron chi connectivity index (χ0n) is 26.6. The summed E-state index contributed by atoms with van der Waals surface area (Å²) in [6, 6.07) is 17.2. The number of rotatable bonds is 16. The highest BCUT2D eigenvalue weighted by molar-refractivity contribution is 5.86. The molecule has 45 heavy (non-hydrogen) atoms. The predicted octanol–water partition coefficient (Wildman–Crippen LogP) is 5.95. The Morgan fingerprint density at radius 3 is 2.29 bits per heavy atom. The van der Waals surface area contributed by atoms with E-state index in [2.05, 4.69) is 18.5 Å². The molecule has 4 rings (SSSR count). The van der Waals surface area contributed by atoms with Crippen molar-refractivity contribution in [1.82, 2.24) is 10.2 Å². The third-order valence-electron chi connectivity index (χ3n) is 9.35. The highest BCUT2D eigenvalue weighted by Gasteiger charge is 2.33. The molecule has 4 atom stereocenters. The maximum atomic E-state index is 13.7. The van der Waals surface area contributed by atoms with Crippen molar-refractivity contribution in [2.45, 2.75) is 89.3 Å². The molecule has 2 aliphatic rings. The summed E-state index contributed by atoms with van der Waals surface area (Å²) in [6.07, 6.45) is 11.9. The van der Waals surface area contributed by atoms with Gasteiger partial charge < -0.3 is 20.1 Å². The van der Waals surface area contributed by atoms with Crippen LogP contribution in [0.1, 0.15) is 74.5 Å². The number of carbonyl (C=O) groups excluding carboxylic acids is 3. The molecular weight excluding hydrogens is 564 g/mol. The van der Waals surface area contributed by atoms with E-state index in [4.69, 9.17) is 4.74 Å². The van der Waals surface area contributed by atoms with Crippen LogP contribution >= 0.6 is 0 Å². The molecule has 1 aliphatic heterocycles. The first kappa shape index (κ1) is 34.2. The van der Waals surface area contributed by atoms with Crippen LogP contribution in [0, 0.1) is 17.8 Å². The Balaban J connectivity index is 1.42. The van der Waals surface area contributed by atoms with Gasteiger partial charge in [-0.1, -0.05) is 98.9 Å². The molecule has 1 aliphatic carbocycles. The van der Waals surface area contributed by atoms with E-state index in [1.807, 2.05) is 54.6 Å². The molecule has 0 spiro atoms. The Hall–Kier alpha value is -3.71. The fraction of sp³-hybridized carbons (Fsp3) is 0.500. The fourth-order valence-electron chi connectivity index (χ4n) is 6.83. The van der Waals surface area contributed by atoms with Gasteiger partial charge in [-0.05, 0) is 54.7 Å². The summed E-state index contributed by atoms with van der Waals surface area (Å²) >= 11 is 0. The Bertz CT molecular complexity index is 1270. The van der Waals surface area contributed by atoms with Crippen LogP contribution in [0.4, 0.5) is 0 Å². The number of aliphatic hydroxyl groups is 1. The largest absolute Gasteiger partial charge is 0.463 e. The summed E-state index contributed by atoms with van der Waals surface area (Å²) in [4.78, 5) is 42.3. The van der Waals surface area contributed by atoms with Gasteiger partial charge in [-0.15, -0.1) is 13.2 Å². The second-order valence-electron chi connectivity index (χ2n) is 12.7. The van der Waals surface area contributed by atoms with Crippen molar-refractivity contribution in [3.63, 3.8) is 0 Å². The minimum Gasteiger partial charge on any atom is -0.463 e. The Labute approximate surface area is 268 Å². The first-order chi connectivity index (χ1) is 21.9. The molecular formula is C38H50N2O5. The van der Waals surface area contributed by atoms with E-state index in [1.165, 1.54) is 19.3 Å². The van der Waals surface area contributed by atoms with Crippen LogP contribution in [-0.4, -0.2) is 53.1 Å².